The van der Waals surface area contributed by atoms with E-state index < -0.39 is 6.04 Å². The van der Waals surface area contributed by atoms with Crippen molar-refractivity contribution in [3.8, 4) is 0 Å². The van der Waals surface area contributed by atoms with Crippen LogP contribution in [-0.2, 0) is 13.6 Å². The third-order valence-electron chi connectivity index (χ3n) is 5.67. The van der Waals surface area contributed by atoms with Gasteiger partial charge in [0.15, 0.2) is 0 Å². The lowest BCUT2D eigenvalue weighted by molar-refractivity contribution is 0.0941. The molecule has 30 heavy (non-hydrogen) atoms. The van der Waals surface area contributed by atoms with E-state index in [4.69, 9.17) is 0 Å². The van der Waals surface area contributed by atoms with Gasteiger partial charge in [-0.3, -0.25) is 9.69 Å². The van der Waals surface area contributed by atoms with Crippen molar-refractivity contribution in [3.63, 3.8) is 0 Å². The number of nitrogens with one attached hydrogen (secondary N) is 1. The molecular weight excluding hydrogens is 379 g/mol. The lowest BCUT2D eigenvalue weighted by Crippen LogP contribution is -2.31. The number of aryl methyl sites for hydroxylation is 1. The Morgan fingerprint density at radius 2 is 1.77 bits per heavy atom. The summed E-state index contributed by atoms with van der Waals surface area (Å²) in [6.45, 7) is 3.21. The highest BCUT2D eigenvalue weighted by molar-refractivity contribution is 5.94. The summed E-state index contributed by atoms with van der Waals surface area (Å²) in [5, 5.41) is 3.06. The van der Waals surface area contributed by atoms with Gasteiger partial charge < -0.3 is 9.88 Å². The first kappa shape index (κ1) is 20.3. The maximum Gasteiger partial charge on any atom is 0.252 e. The van der Waals surface area contributed by atoms with Crippen LogP contribution in [0.25, 0.3) is 0 Å². The molecule has 5 nitrogen and oxygen atoms in total. The topological polar surface area (TPSA) is 50.2 Å². The number of hydrogen-bond donors (Lipinski definition) is 1. The van der Waals surface area contributed by atoms with E-state index in [1.54, 1.807) is 18.3 Å². The van der Waals surface area contributed by atoms with Gasteiger partial charge >= 0.3 is 0 Å². The summed E-state index contributed by atoms with van der Waals surface area (Å²) in [4.78, 5) is 19.8. The van der Waals surface area contributed by atoms with Gasteiger partial charge in [-0.2, -0.15) is 0 Å². The molecule has 1 saturated heterocycles. The summed E-state index contributed by atoms with van der Waals surface area (Å²) in [5.74, 6) is 0.196. The molecule has 1 aliphatic heterocycles. The lowest BCUT2D eigenvalue weighted by atomic mass is 10.0. The second kappa shape index (κ2) is 9.22. The molecule has 1 aliphatic rings. The first-order valence-electron chi connectivity index (χ1n) is 10.4. The number of benzene rings is 2. The Bertz CT molecular complexity index is 975. The molecular formula is C24H27FN4O. The Kier molecular flexibility index (Phi) is 6.23. The molecule has 0 spiro atoms. The molecule has 0 unspecified atom stereocenters. The molecule has 1 atom stereocenters. The van der Waals surface area contributed by atoms with Crippen molar-refractivity contribution in [2.45, 2.75) is 31.8 Å². The quantitative estimate of drug-likeness (QED) is 0.672. The fourth-order valence-corrected chi connectivity index (χ4v) is 3.96. The van der Waals surface area contributed by atoms with Crippen LogP contribution in [0.4, 0.5) is 4.39 Å². The number of rotatable bonds is 6. The molecule has 1 N–H and O–H groups in total. The maximum atomic E-state index is 13.4. The number of amides is 1. The van der Waals surface area contributed by atoms with Crippen LogP contribution in [0.3, 0.4) is 0 Å². The normalized spacial score (nSPS) is 15.7. The van der Waals surface area contributed by atoms with Crippen molar-refractivity contribution >= 4 is 5.91 Å². The highest BCUT2D eigenvalue weighted by Crippen LogP contribution is 2.22. The standard InChI is InChI=1S/C24H27FN4O/c1-28-16-13-26-23(28)22(19-9-11-21(25)12-10-19)27-24(30)20-7-5-18(6-8-20)17-29-14-3-2-4-15-29/h5-13,16,22H,2-4,14-15,17H2,1H3,(H,27,30)/t22-/m1/s1. The molecule has 1 aromatic heterocycles. The van der Waals surface area contributed by atoms with Crippen molar-refractivity contribution in [3.05, 3.63) is 89.3 Å². The number of halogens is 1. The molecule has 0 radical (unpaired) electrons. The SMILES string of the molecule is Cn1ccnc1[C@H](NC(=O)c1ccc(CN2CCCCC2)cc1)c1ccc(F)cc1. The maximum absolute atomic E-state index is 13.4. The van der Waals surface area contributed by atoms with Crippen molar-refractivity contribution in [1.29, 1.82) is 0 Å². The molecule has 156 valence electrons. The number of carbonyl (C=O) groups excluding carboxylic acids is 1. The molecule has 2 heterocycles. The number of piperidine rings is 1. The van der Waals surface area contributed by atoms with E-state index in [-0.39, 0.29) is 11.7 Å². The monoisotopic (exact) mass is 406 g/mol. The molecule has 0 saturated carbocycles. The highest BCUT2D eigenvalue weighted by atomic mass is 19.1. The number of nitrogens with zero attached hydrogens (tertiary/aromatic N) is 3. The minimum atomic E-state index is -0.467. The zero-order valence-electron chi connectivity index (χ0n) is 17.2. The molecule has 0 bridgehead atoms. The van der Waals surface area contributed by atoms with Crippen LogP contribution in [0.15, 0.2) is 60.9 Å². The average molecular weight is 407 g/mol. The first-order chi connectivity index (χ1) is 14.6. The van der Waals surface area contributed by atoms with E-state index >= 15 is 0 Å². The fraction of sp³-hybridized carbons (Fsp3) is 0.333. The predicted molar refractivity (Wildman–Crippen MR) is 114 cm³/mol. The minimum Gasteiger partial charge on any atom is -0.338 e. The van der Waals surface area contributed by atoms with Gasteiger partial charge in [-0.05, 0) is 61.3 Å². The van der Waals surface area contributed by atoms with Crippen molar-refractivity contribution in [2.24, 2.45) is 7.05 Å². The molecule has 2 aromatic carbocycles. The number of carbonyl (C=O) groups is 1. The Morgan fingerprint density at radius 1 is 1.07 bits per heavy atom. The number of hydrogen-bond acceptors (Lipinski definition) is 3. The second-order valence-corrected chi connectivity index (χ2v) is 7.89. The summed E-state index contributed by atoms with van der Waals surface area (Å²) in [7, 11) is 1.88. The van der Waals surface area contributed by atoms with Crippen LogP contribution < -0.4 is 5.32 Å². The Balaban J connectivity index is 1.49. The van der Waals surface area contributed by atoms with E-state index in [1.807, 2.05) is 42.1 Å². The van der Waals surface area contributed by atoms with Gasteiger partial charge in [0.2, 0.25) is 0 Å². The van der Waals surface area contributed by atoms with E-state index in [9.17, 15) is 9.18 Å². The molecule has 4 rings (SSSR count). The van der Waals surface area contributed by atoms with Crippen LogP contribution in [0, 0.1) is 5.82 Å². The minimum absolute atomic E-state index is 0.183. The third kappa shape index (κ3) is 4.76. The van der Waals surface area contributed by atoms with Gasteiger partial charge in [0.1, 0.15) is 17.7 Å². The zero-order chi connectivity index (χ0) is 20.9. The molecule has 0 aliphatic carbocycles. The second-order valence-electron chi connectivity index (χ2n) is 7.89. The number of aromatic nitrogens is 2. The van der Waals surface area contributed by atoms with Crippen LogP contribution in [0.5, 0.6) is 0 Å². The zero-order valence-corrected chi connectivity index (χ0v) is 17.2. The van der Waals surface area contributed by atoms with Crippen LogP contribution >= 0.6 is 0 Å². The molecule has 1 amide bonds. The largest absolute Gasteiger partial charge is 0.338 e. The van der Waals surface area contributed by atoms with Gasteiger partial charge in [-0.1, -0.05) is 30.7 Å². The summed E-state index contributed by atoms with van der Waals surface area (Å²) in [5.41, 5.74) is 2.59. The van der Waals surface area contributed by atoms with Gasteiger partial charge in [0.25, 0.3) is 5.91 Å². The summed E-state index contributed by atoms with van der Waals surface area (Å²) < 4.78 is 15.3. The van der Waals surface area contributed by atoms with E-state index in [1.165, 1.54) is 37.0 Å². The highest BCUT2D eigenvalue weighted by Gasteiger charge is 2.21. The van der Waals surface area contributed by atoms with Crippen molar-refractivity contribution < 1.29 is 9.18 Å². The average Bonchev–Trinajstić information content (AvgIpc) is 3.19. The van der Waals surface area contributed by atoms with Gasteiger partial charge in [0.05, 0.1) is 0 Å². The van der Waals surface area contributed by atoms with Crippen LogP contribution in [0.2, 0.25) is 0 Å². The lowest BCUT2D eigenvalue weighted by Gasteiger charge is -2.26. The first-order valence-corrected chi connectivity index (χ1v) is 10.4. The Hall–Kier alpha value is -2.99. The van der Waals surface area contributed by atoms with Gasteiger partial charge in [-0.25, -0.2) is 9.37 Å². The van der Waals surface area contributed by atoms with Gasteiger partial charge in [0, 0.05) is 31.5 Å². The van der Waals surface area contributed by atoms with Crippen LogP contribution in [-0.4, -0.2) is 33.4 Å². The third-order valence-corrected chi connectivity index (χ3v) is 5.67. The Morgan fingerprint density at radius 3 is 2.40 bits per heavy atom. The van der Waals surface area contributed by atoms with E-state index in [0.717, 1.165) is 25.2 Å². The predicted octanol–water partition coefficient (Wildman–Crippen LogP) is 4.06. The van der Waals surface area contributed by atoms with Gasteiger partial charge in [-0.15, -0.1) is 0 Å². The van der Waals surface area contributed by atoms with Crippen molar-refractivity contribution in [1.82, 2.24) is 19.8 Å². The van der Waals surface area contributed by atoms with E-state index in [2.05, 4.69) is 15.2 Å². The summed E-state index contributed by atoms with van der Waals surface area (Å²) in [6.07, 6.45) is 7.36. The number of imidazole rings is 1. The molecule has 3 aromatic rings. The summed E-state index contributed by atoms with van der Waals surface area (Å²) in [6, 6.07) is 13.5. The Labute approximate surface area is 176 Å². The number of likely N-dealkylation sites (tertiary alicyclic amines) is 1. The fourth-order valence-electron chi connectivity index (χ4n) is 3.96. The molecule has 6 heteroatoms. The smallest absolute Gasteiger partial charge is 0.252 e. The molecule has 1 fully saturated rings. The van der Waals surface area contributed by atoms with Crippen molar-refractivity contribution in [2.75, 3.05) is 13.1 Å². The van der Waals surface area contributed by atoms with Crippen LogP contribution in [0.1, 0.15) is 52.6 Å². The van der Waals surface area contributed by atoms with E-state index in [0.29, 0.717) is 11.4 Å². The summed E-state index contributed by atoms with van der Waals surface area (Å²) >= 11 is 0.